The van der Waals surface area contributed by atoms with E-state index in [0.29, 0.717) is 5.92 Å². The van der Waals surface area contributed by atoms with Gasteiger partial charge in [-0.1, -0.05) is 17.7 Å². The Hall–Kier alpha value is -0.505. The van der Waals surface area contributed by atoms with E-state index >= 15 is 0 Å². The largest absolute Gasteiger partial charge is 0.495 e. The summed E-state index contributed by atoms with van der Waals surface area (Å²) in [6, 6.07) is 4.32. The average Bonchev–Trinajstić information content (AvgIpc) is 3.11. The van der Waals surface area contributed by atoms with Crippen molar-refractivity contribution in [3.8, 4) is 0 Å². The molecule has 0 bridgehead atoms. The van der Waals surface area contributed by atoms with E-state index in [-0.39, 0.29) is 18.3 Å². The summed E-state index contributed by atoms with van der Waals surface area (Å²) in [5.41, 5.74) is 2.84. The minimum atomic E-state index is -0.323. The van der Waals surface area contributed by atoms with Gasteiger partial charge in [0.25, 0.3) is 0 Å². The van der Waals surface area contributed by atoms with Crippen molar-refractivity contribution in [1.29, 1.82) is 0 Å². The van der Waals surface area contributed by atoms with Crippen molar-refractivity contribution >= 4 is 24.2 Å². The van der Waals surface area contributed by atoms with Crippen molar-refractivity contribution in [2.45, 2.75) is 64.6 Å². The first-order valence-corrected chi connectivity index (χ1v) is 7.75. The van der Waals surface area contributed by atoms with Crippen LogP contribution in [-0.4, -0.2) is 18.3 Å². The quantitative estimate of drug-likeness (QED) is 0.771. The SMILES string of the molecule is Cc1c(Cl)cc(C2CC2)cc1B1OC(C)(C)C(C)(C)O1. The Bertz CT molecular complexity index is 534. The van der Waals surface area contributed by atoms with Gasteiger partial charge in [0.05, 0.1) is 11.2 Å². The molecule has 0 aromatic heterocycles. The Labute approximate surface area is 126 Å². The predicted molar refractivity (Wildman–Crippen MR) is 83.9 cm³/mol. The van der Waals surface area contributed by atoms with Crippen LogP contribution in [0.15, 0.2) is 12.1 Å². The Balaban J connectivity index is 1.98. The molecule has 0 radical (unpaired) electrons. The second kappa shape index (κ2) is 4.49. The first-order valence-electron chi connectivity index (χ1n) is 7.37. The third-order valence-corrected chi connectivity index (χ3v) is 5.36. The number of halogens is 1. The van der Waals surface area contributed by atoms with Crippen LogP contribution in [-0.2, 0) is 9.31 Å². The van der Waals surface area contributed by atoms with Crippen LogP contribution in [0.4, 0.5) is 0 Å². The van der Waals surface area contributed by atoms with E-state index in [9.17, 15) is 0 Å². The fraction of sp³-hybridized carbons (Fsp3) is 0.625. The van der Waals surface area contributed by atoms with Gasteiger partial charge in [-0.25, -0.2) is 0 Å². The maximum absolute atomic E-state index is 6.40. The van der Waals surface area contributed by atoms with Crippen molar-refractivity contribution < 1.29 is 9.31 Å². The van der Waals surface area contributed by atoms with Crippen molar-refractivity contribution in [1.82, 2.24) is 0 Å². The zero-order valence-electron chi connectivity index (χ0n) is 12.9. The highest BCUT2D eigenvalue weighted by molar-refractivity contribution is 6.63. The summed E-state index contributed by atoms with van der Waals surface area (Å²) in [6.07, 6.45) is 2.53. The van der Waals surface area contributed by atoms with Crippen LogP contribution in [0.2, 0.25) is 5.02 Å². The fourth-order valence-corrected chi connectivity index (χ4v) is 2.82. The molecule has 0 spiro atoms. The van der Waals surface area contributed by atoms with Crippen LogP contribution in [0.1, 0.15) is 57.6 Å². The highest BCUT2D eigenvalue weighted by atomic mass is 35.5. The summed E-state index contributed by atoms with van der Waals surface area (Å²) in [6.45, 7) is 10.4. The number of benzene rings is 1. The van der Waals surface area contributed by atoms with E-state index in [1.54, 1.807) is 0 Å². The lowest BCUT2D eigenvalue weighted by Crippen LogP contribution is -2.41. The standard InChI is InChI=1S/C16H22BClO2/c1-10-13(8-12(9-14(10)18)11-6-7-11)17-19-15(2,3)16(4,5)20-17/h8-9,11H,6-7H2,1-5H3. The molecule has 0 N–H and O–H groups in total. The van der Waals surface area contributed by atoms with Crippen molar-refractivity contribution in [3.05, 3.63) is 28.3 Å². The van der Waals surface area contributed by atoms with E-state index in [1.807, 2.05) is 6.92 Å². The highest BCUT2D eigenvalue weighted by Gasteiger charge is 2.52. The van der Waals surface area contributed by atoms with Crippen LogP contribution in [0.3, 0.4) is 0 Å². The summed E-state index contributed by atoms with van der Waals surface area (Å²) in [4.78, 5) is 0. The van der Waals surface area contributed by atoms with Gasteiger partial charge >= 0.3 is 7.12 Å². The molecule has 4 heteroatoms. The third-order valence-electron chi connectivity index (χ3n) is 4.96. The molecule has 2 fully saturated rings. The van der Waals surface area contributed by atoms with Crippen molar-refractivity contribution in [2.75, 3.05) is 0 Å². The molecule has 20 heavy (non-hydrogen) atoms. The lowest BCUT2D eigenvalue weighted by molar-refractivity contribution is 0.00578. The Morgan fingerprint density at radius 1 is 1.10 bits per heavy atom. The second-order valence-electron chi connectivity index (χ2n) is 7.08. The van der Waals surface area contributed by atoms with Gasteiger partial charge in [0.15, 0.2) is 0 Å². The molecule has 1 aliphatic heterocycles. The minimum absolute atomic E-state index is 0.313. The van der Waals surface area contributed by atoms with Gasteiger partial charge in [0.2, 0.25) is 0 Å². The normalized spacial score (nSPS) is 24.2. The van der Waals surface area contributed by atoms with Gasteiger partial charge in [-0.3, -0.25) is 0 Å². The predicted octanol–water partition coefficient (Wildman–Crippen LogP) is 3.83. The molecule has 1 saturated heterocycles. The van der Waals surface area contributed by atoms with Crippen LogP contribution in [0.25, 0.3) is 0 Å². The molecule has 2 aliphatic rings. The zero-order valence-corrected chi connectivity index (χ0v) is 13.7. The molecule has 1 heterocycles. The van der Waals surface area contributed by atoms with Crippen molar-refractivity contribution in [3.63, 3.8) is 0 Å². The summed E-state index contributed by atoms with van der Waals surface area (Å²) < 4.78 is 12.3. The van der Waals surface area contributed by atoms with Gasteiger partial charge in [0.1, 0.15) is 0 Å². The smallest absolute Gasteiger partial charge is 0.399 e. The van der Waals surface area contributed by atoms with Gasteiger partial charge in [-0.2, -0.15) is 0 Å². The third kappa shape index (κ3) is 2.30. The maximum atomic E-state index is 6.40. The average molecular weight is 293 g/mol. The molecule has 1 aliphatic carbocycles. The maximum Gasteiger partial charge on any atom is 0.495 e. The lowest BCUT2D eigenvalue weighted by atomic mass is 9.75. The number of hydrogen-bond donors (Lipinski definition) is 0. The van der Waals surface area contributed by atoms with E-state index in [1.165, 1.54) is 18.4 Å². The van der Waals surface area contributed by atoms with E-state index in [2.05, 4.69) is 39.8 Å². The zero-order chi connectivity index (χ0) is 14.7. The van der Waals surface area contributed by atoms with E-state index in [0.717, 1.165) is 16.0 Å². The van der Waals surface area contributed by atoms with Crippen LogP contribution >= 0.6 is 11.6 Å². The van der Waals surface area contributed by atoms with Crippen molar-refractivity contribution in [2.24, 2.45) is 0 Å². The Morgan fingerprint density at radius 2 is 1.65 bits per heavy atom. The molecule has 1 saturated carbocycles. The van der Waals surface area contributed by atoms with Crippen LogP contribution in [0.5, 0.6) is 0 Å². The first-order chi connectivity index (χ1) is 9.21. The topological polar surface area (TPSA) is 18.5 Å². The molecule has 2 nitrogen and oxygen atoms in total. The van der Waals surface area contributed by atoms with E-state index in [4.69, 9.17) is 20.9 Å². The summed E-state index contributed by atoms with van der Waals surface area (Å²) in [5.74, 6) is 0.675. The molecule has 108 valence electrons. The van der Waals surface area contributed by atoms with E-state index < -0.39 is 0 Å². The first kappa shape index (κ1) is 14.4. The molecular weight excluding hydrogens is 270 g/mol. The van der Waals surface area contributed by atoms with Gasteiger partial charge in [-0.15, -0.1) is 0 Å². The summed E-state index contributed by atoms with van der Waals surface area (Å²) in [7, 11) is -0.323. The Morgan fingerprint density at radius 3 is 2.15 bits per heavy atom. The highest BCUT2D eigenvalue weighted by Crippen LogP contribution is 2.42. The monoisotopic (exact) mass is 292 g/mol. The lowest BCUT2D eigenvalue weighted by Gasteiger charge is -2.32. The number of hydrogen-bond acceptors (Lipinski definition) is 2. The van der Waals surface area contributed by atoms with Crippen LogP contribution < -0.4 is 5.46 Å². The molecule has 0 unspecified atom stereocenters. The Kier molecular flexibility index (Phi) is 3.24. The minimum Gasteiger partial charge on any atom is -0.399 e. The molecule has 0 atom stereocenters. The number of rotatable bonds is 2. The fourth-order valence-electron chi connectivity index (χ4n) is 2.59. The van der Waals surface area contributed by atoms with Crippen LogP contribution in [0, 0.1) is 6.92 Å². The van der Waals surface area contributed by atoms with Gasteiger partial charge < -0.3 is 9.31 Å². The second-order valence-corrected chi connectivity index (χ2v) is 7.49. The van der Waals surface area contributed by atoms with Gasteiger partial charge in [-0.05, 0) is 76.0 Å². The van der Waals surface area contributed by atoms with Gasteiger partial charge in [0, 0.05) is 5.02 Å². The molecular formula is C16H22BClO2. The summed E-state index contributed by atoms with van der Waals surface area (Å²) in [5, 5.41) is 0.819. The molecule has 1 aromatic carbocycles. The molecule has 1 aromatic rings. The molecule has 3 rings (SSSR count). The summed E-state index contributed by atoms with van der Waals surface area (Å²) >= 11 is 6.40. The molecule has 0 amide bonds.